The van der Waals surface area contributed by atoms with E-state index in [1.165, 1.54) is 18.2 Å². The van der Waals surface area contributed by atoms with E-state index in [0.29, 0.717) is 0 Å². The Labute approximate surface area is 122 Å². The molecule has 0 aliphatic heterocycles. The summed E-state index contributed by atoms with van der Waals surface area (Å²) in [4.78, 5) is 11.2. The fraction of sp³-hybridized carbons (Fsp3) is 0.188. The fourth-order valence-electron chi connectivity index (χ4n) is 2.04. The number of ether oxygens (including phenoxy) is 1. The van der Waals surface area contributed by atoms with Crippen molar-refractivity contribution in [1.82, 2.24) is 0 Å². The first kappa shape index (κ1) is 14.8. The van der Waals surface area contributed by atoms with Gasteiger partial charge in [-0.15, -0.1) is 0 Å². The van der Waals surface area contributed by atoms with Gasteiger partial charge in [-0.05, 0) is 36.8 Å². The first-order valence-corrected chi connectivity index (χ1v) is 6.45. The molecule has 0 bridgehead atoms. The van der Waals surface area contributed by atoms with Crippen molar-refractivity contribution in [2.24, 2.45) is 0 Å². The van der Waals surface area contributed by atoms with E-state index < -0.39 is 11.8 Å². The predicted octanol–water partition coefficient (Wildman–Crippen LogP) is 3.71. The molecule has 110 valence electrons. The average molecular weight is 289 g/mol. The summed E-state index contributed by atoms with van der Waals surface area (Å²) >= 11 is 0. The first-order valence-electron chi connectivity index (χ1n) is 6.45. The van der Waals surface area contributed by atoms with Gasteiger partial charge in [0.05, 0.1) is 18.4 Å². The number of carboxylic acids is 1. The van der Waals surface area contributed by atoms with Crippen LogP contribution in [0, 0.1) is 5.82 Å². The predicted molar refractivity (Wildman–Crippen MR) is 78.4 cm³/mol. The van der Waals surface area contributed by atoms with Crippen molar-refractivity contribution in [2.75, 3.05) is 12.4 Å². The van der Waals surface area contributed by atoms with Crippen LogP contribution in [0.25, 0.3) is 0 Å². The molecule has 0 saturated carbocycles. The highest BCUT2D eigenvalue weighted by atomic mass is 19.1. The van der Waals surface area contributed by atoms with Crippen molar-refractivity contribution in [1.29, 1.82) is 0 Å². The van der Waals surface area contributed by atoms with Crippen LogP contribution in [0.1, 0.15) is 28.9 Å². The van der Waals surface area contributed by atoms with Crippen molar-refractivity contribution in [3.63, 3.8) is 0 Å². The van der Waals surface area contributed by atoms with E-state index in [1.807, 2.05) is 19.1 Å². The Morgan fingerprint density at radius 1 is 1.24 bits per heavy atom. The molecule has 1 atom stereocenters. The zero-order valence-corrected chi connectivity index (χ0v) is 11.8. The van der Waals surface area contributed by atoms with Gasteiger partial charge in [0, 0.05) is 6.04 Å². The van der Waals surface area contributed by atoms with E-state index in [1.54, 1.807) is 19.2 Å². The Kier molecular flexibility index (Phi) is 4.42. The van der Waals surface area contributed by atoms with Gasteiger partial charge in [0.25, 0.3) is 0 Å². The zero-order chi connectivity index (χ0) is 15.4. The Morgan fingerprint density at radius 3 is 2.48 bits per heavy atom. The van der Waals surface area contributed by atoms with Crippen LogP contribution in [0.2, 0.25) is 0 Å². The van der Waals surface area contributed by atoms with Crippen LogP contribution in [0.3, 0.4) is 0 Å². The molecule has 0 heterocycles. The van der Waals surface area contributed by atoms with Gasteiger partial charge in [-0.2, -0.15) is 0 Å². The van der Waals surface area contributed by atoms with Crippen LogP contribution < -0.4 is 10.1 Å². The lowest BCUT2D eigenvalue weighted by molar-refractivity contribution is 0.0697. The van der Waals surface area contributed by atoms with Crippen molar-refractivity contribution in [3.8, 4) is 5.75 Å². The standard InChI is InChI=1S/C16H16FNO3/c1-10(11-6-8-12(21-2)9-7-11)18-15-13(16(19)20)4-3-5-14(15)17/h3-10,18H,1-2H3,(H,19,20). The van der Waals surface area contributed by atoms with Gasteiger partial charge < -0.3 is 15.2 Å². The Hall–Kier alpha value is -2.56. The van der Waals surface area contributed by atoms with Gasteiger partial charge >= 0.3 is 5.97 Å². The number of aromatic carboxylic acids is 1. The highest BCUT2D eigenvalue weighted by Gasteiger charge is 2.16. The summed E-state index contributed by atoms with van der Waals surface area (Å²) in [6, 6.07) is 11.0. The molecule has 0 saturated heterocycles. The monoisotopic (exact) mass is 289 g/mol. The lowest BCUT2D eigenvalue weighted by Gasteiger charge is -2.18. The number of carboxylic acid groups (broad SMARTS) is 1. The van der Waals surface area contributed by atoms with Gasteiger partial charge in [0.1, 0.15) is 11.6 Å². The van der Waals surface area contributed by atoms with E-state index in [9.17, 15) is 9.18 Å². The second kappa shape index (κ2) is 6.26. The molecule has 2 aromatic rings. The summed E-state index contributed by atoms with van der Waals surface area (Å²) in [5.74, 6) is -1.03. The third-order valence-corrected chi connectivity index (χ3v) is 3.22. The molecule has 0 spiro atoms. The molecule has 0 radical (unpaired) electrons. The zero-order valence-electron chi connectivity index (χ0n) is 11.8. The Morgan fingerprint density at radius 2 is 1.90 bits per heavy atom. The third kappa shape index (κ3) is 3.31. The maximum absolute atomic E-state index is 13.9. The number of methoxy groups -OCH3 is 1. The summed E-state index contributed by atoms with van der Waals surface area (Å²) in [5, 5.41) is 12.0. The normalized spacial score (nSPS) is 11.8. The largest absolute Gasteiger partial charge is 0.497 e. The molecule has 0 aliphatic carbocycles. The molecule has 2 rings (SSSR count). The number of nitrogens with one attached hydrogen (secondary N) is 1. The molecule has 4 nitrogen and oxygen atoms in total. The number of hydrogen-bond acceptors (Lipinski definition) is 3. The molecule has 0 amide bonds. The molecular formula is C16H16FNO3. The molecule has 1 unspecified atom stereocenters. The molecule has 21 heavy (non-hydrogen) atoms. The maximum Gasteiger partial charge on any atom is 0.337 e. The minimum atomic E-state index is -1.17. The molecule has 5 heteroatoms. The molecule has 0 aromatic heterocycles. The van der Waals surface area contributed by atoms with Crippen LogP contribution in [0.5, 0.6) is 5.75 Å². The summed E-state index contributed by atoms with van der Waals surface area (Å²) in [5.41, 5.74) is 0.805. The number of rotatable bonds is 5. The number of benzene rings is 2. The van der Waals surface area contributed by atoms with Crippen LogP contribution in [-0.4, -0.2) is 18.2 Å². The van der Waals surface area contributed by atoms with Gasteiger partial charge in [0.2, 0.25) is 0 Å². The quantitative estimate of drug-likeness (QED) is 0.881. The molecular weight excluding hydrogens is 273 g/mol. The van der Waals surface area contributed by atoms with E-state index in [2.05, 4.69) is 5.32 Å². The minimum Gasteiger partial charge on any atom is -0.497 e. The maximum atomic E-state index is 13.9. The van der Waals surface area contributed by atoms with Crippen LogP contribution in [0.4, 0.5) is 10.1 Å². The molecule has 0 fully saturated rings. The molecule has 2 N–H and O–H groups in total. The van der Waals surface area contributed by atoms with Crippen molar-refractivity contribution in [3.05, 3.63) is 59.4 Å². The number of hydrogen-bond donors (Lipinski definition) is 2. The smallest absolute Gasteiger partial charge is 0.337 e. The third-order valence-electron chi connectivity index (χ3n) is 3.22. The van der Waals surface area contributed by atoms with Gasteiger partial charge in [-0.25, -0.2) is 9.18 Å². The lowest BCUT2D eigenvalue weighted by atomic mass is 10.1. The highest BCUT2D eigenvalue weighted by molar-refractivity contribution is 5.94. The number of carbonyl (C=O) groups is 1. The van der Waals surface area contributed by atoms with Crippen LogP contribution >= 0.6 is 0 Å². The number of halogens is 1. The second-order valence-corrected chi connectivity index (χ2v) is 4.61. The topological polar surface area (TPSA) is 58.6 Å². The first-order chi connectivity index (χ1) is 10.0. The van der Waals surface area contributed by atoms with Gasteiger partial charge in [0.15, 0.2) is 0 Å². The van der Waals surface area contributed by atoms with Crippen molar-refractivity contribution < 1.29 is 19.0 Å². The van der Waals surface area contributed by atoms with Crippen molar-refractivity contribution >= 4 is 11.7 Å². The van der Waals surface area contributed by atoms with Crippen molar-refractivity contribution in [2.45, 2.75) is 13.0 Å². The van der Waals surface area contributed by atoms with E-state index in [4.69, 9.17) is 9.84 Å². The van der Waals surface area contributed by atoms with Gasteiger partial charge in [-0.1, -0.05) is 18.2 Å². The SMILES string of the molecule is COc1ccc(C(C)Nc2c(F)cccc2C(=O)O)cc1. The summed E-state index contributed by atoms with van der Waals surface area (Å²) in [6.07, 6.45) is 0. The Balaban J connectivity index is 2.26. The highest BCUT2D eigenvalue weighted by Crippen LogP contribution is 2.26. The molecule has 2 aromatic carbocycles. The summed E-state index contributed by atoms with van der Waals surface area (Å²) < 4.78 is 18.9. The Bertz CT molecular complexity index is 640. The summed E-state index contributed by atoms with van der Waals surface area (Å²) in [6.45, 7) is 1.83. The van der Waals surface area contributed by atoms with E-state index in [-0.39, 0.29) is 17.3 Å². The minimum absolute atomic E-state index is 0.00619. The second-order valence-electron chi connectivity index (χ2n) is 4.61. The molecule has 0 aliphatic rings. The summed E-state index contributed by atoms with van der Waals surface area (Å²) in [7, 11) is 1.58. The van der Waals surface area contributed by atoms with E-state index >= 15 is 0 Å². The number of para-hydroxylation sites is 1. The van der Waals surface area contributed by atoms with Crippen LogP contribution in [0.15, 0.2) is 42.5 Å². The fourth-order valence-corrected chi connectivity index (χ4v) is 2.04. The van der Waals surface area contributed by atoms with E-state index in [0.717, 1.165) is 11.3 Å². The average Bonchev–Trinajstić information content (AvgIpc) is 2.49. The number of anilines is 1. The van der Waals surface area contributed by atoms with Gasteiger partial charge in [-0.3, -0.25) is 0 Å². The van der Waals surface area contributed by atoms with Crippen LogP contribution in [-0.2, 0) is 0 Å². The lowest BCUT2D eigenvalue weighted by Crippen LogP contribution is -2.12.